The van der Waals surface area contributed by atoms with Gasteiger partial charge < -0.3 is 10.2 Å². The van der Waals surface area contributed by atoms with Crippen LogP contribution < -0.4 is 5.32 Å². The van der Waals surface area contributed by atoms with Gasteiger partial charge in [0.25, 0.3) is 0 Å². The van der Waals surface area contributed by atoms with E-state index in [1.54, 1.807) is 0 Å². The molecule has 0 aromatic carbocycles. The van der Waals surface area contributed by atoms with Gasteiger partial charge in [-0.05, 0) is 31.6 Å². The number of carbonyl (C=O) groups excluding carboxylic acids is 1. The maximum Gasteiger partial charge on any atom is 0.317 e. The highest BCUT2D eigenvalue weighted by molar-refractivity contribution is 5.74. The van der Waals surface area contributed by atoms with Crippen LogP contribution in [0.3, 0.4) is 0 Å². The van der Waals surface area contributed by atoms with Crippen molar-refractivity contribution in [2.75, 3.05) is 19.6 Å². The van der Waals surface area contributed by atoms with Gasteiger partial charge in [0.2, 0.25) is 0 Å². The molecule has 2 amide bonds. The van der Waals surface area contributed by atoms with E-state index in [-0.39, 0.29) is 6.03 Å². The fraction of sp³-hybridized carbons (Fsp3) is 0.923. The van der Waals surface area contributed by atoms with E-state index in [4.69, 9.17) is 0 Å². The molecule has 0 aromatic rings. The first-order valence-electron chi connectivity index (χ1n) is 6.80. The maximum absolute atomic E-state index is 11.8. The number of likely N-dealkylation sites (tertiary alicyclic amines) is 1. The molecule has 1 rings (SSSR count). The van der Waals surface area contributed by atoms with Crippen molar-refractivity contribution in [1.82, 2.24) is 10.2 Å². The van der Waals surface area contributed by atoms with Gasteiger partial charge in [-0.15, -0.1) is 0 Å². The van der Waals surface area contributed by atoms with Gasteiger partial charge in [0, 0.05) is 19.6 Å². The summed E-state index contributed by atoms with van der Waals surface area (Å²) in [6.45, 7) is 7.01. The molecule has 1 aliphatic heterocycles. The quantitative estimate of drug-likeness (QED) is 0.785. The van der Waals surface area contributed by atoms with Crippen LogP contribution in [0.15, 0.2) is 0 Å². The highest BCUT2D eigenvalue weighted by Crippen LogP contribution is 2.21. The molecule has 1 atom stereocenters. The summed E-state index contributed by atoms with van der Waals surface area (Å²) < 4.78 is 0. The molecule has 1 aliphatic rings. The van der Waals surface area contributed by atoms with Crippen molar-refractivity contribution < 1.29 is 4.79 Å². The fourth-order valence-electron chi connectivity index (χ4n) is 2.41. The summed E-state index contributed by atoms with van der Waals surface area (Å²) in [5.74, 6) is 0.842. The molecular weight excluding hydrogens is 200 g/mol. The Bertz CT molecular complexity index is 206. The molecule has 1 unspecified atom stereocenters. The molecule has 3 heteroatoms. The lowest BCUT2D eigenvalue weighted by Gasteiger charge is -2.21. The molecule has 0 aliphatic carbocycles. The largest absolute Gasteiger partial charge is 0.338 e. The molecule has 1 fully saturated rings. The SMILES string of the molecule is CCCNC(=O)N1CCCC(CCC)CC1. The van der Waals surface area contributed by atoms with Gasteiger partial charge in [-0.3, -0.25) is 0 Å². The summed E-state index contributed by atoms with van der Waals surface area (Å²) in [6, 6.07) is 0.138. The minimum atomic E-state index is 0.138. The molecule has 94 valence electrons. The second-order valence-electron chi connectivity index (χ2n) is 4.80. The molecule has 0 saturated carbocycles. The van der Waals surface area contributed by atoms with E-state index in [1.807, 2.05) is 4.90 Å². The first-order valence-corrected chi connectivity index (χ1v) is 6.80. The first kappa shape index (κ1) is 13.3. The predicted octanol–water partition coefficient (Wildman–Crippen LogP) is 3.01. The third-order valence-electron chi connectivity index (χ3n) is 3.36. The third-order valence-corrected chi connectivity index (χ3v) is 3.36. The molecule has 3 nitrogen and oxygen atoms in total. The Kier molecular flexibility index (Phi) is 6.27. The zero-order valence-electron chi connectivity index (χ0n) is 10.8. The zero-order chi connectivity index (χ0) is 11.8. The average molecular weight is 226 g/mol. The summed E-state index contributed by atoms with van der Waals surface area (Å²) in [6.07, 6.45) is 7.26. The van der Waals surface area contributed by atoms with Crippen molar-refractivity contribution in [2.24, 2.45) is 5.92 Å². The van der Waals surface area contributed by atoms with E-state index in [9.17, 15) is 4.79 Å². The summed E-state index contributed by atoms with van der Waals surface area (Å²) >= 11 is 0. The van der Waals surface area contributed by atoms with Crippen LogP contribution in [-0.4, -0.2) is 30.6 Å². The number of urea groups is 1. The third kappa shape index (κ3) is 4.42. The van der Waals surface area contributed by atoms with Crippen molar-refractivity contribution in [3.05, 3.63) is 0 Å². The normalized spacial score (nSPS) is 21.6. The Labute approximate surface area is 99.6 Å². The van der Waals surface area contributed by atoms with Gasteiger partial charge in [-0.25, -0.2) is 4.79 Å². The molecule has 1 N–H and O–H groups in total. The Morgan fingerprint density at radius 3 is 2.75 bits per heavy atom. The Morgan fingerprint density at radius 1 is 1.25 bits per heavy atom. The van der Waals surface area contributed by atoms with E-state index in [0.717, 1.165) is 32.0 Å². The fourth-order valence-corrected chi connectivity index (χ4v) is 2.41. The van der Waals surface area contributed by atoms with Gasteiger partial charge in [0.05, 0.1) is 0 Å². The summed E-state index contributed by atoms with van der Waals surface area (Å²) in [7, 11) is 0. The Morgan fingerprint density at radius 2 is 2.06 bits per heavy atom. The standard InChI is InChI=1S/C13H26N2O/c1-3-6-12-7-5-10-15(11-8-12)13(16)14-9-4-2/h12H,3-11H2,1-2H3,(H,14,16). The van der Waals surface area contributed by atoms with E-state index in [0.29, 0.717) is 0 Å². The lowest BCUT2D eigenvalue weighted by molar-refractivity contribution is 0.199. The van der Waals surface area contributed by atoms with Crippen molar-refractivity contribution >= 4 is 6.03 Å². The number of amides is 2. The van der Waals surface area contributed by atoms with E-state index >= 15 is 0 Å². The van der Waals surface area contributed by atoms with Crippen LogP contribution in [0, 0.1) is 5.92 Å². The van der Waals surface area contributed by atoms with Crippen LogP contribution in [0.4, 0.5) is 4.79 Å². The van der Waals surface area contributed by atoms with Crippen LogP contribution >= 0.6 is 0 Å². The summed E-state index contributed by atoms with van der Waals surface area (Å²) in [5.41, 5.74) is 0. The smallest absolute Gasteiger partial charge is 0.317 e. The Hall–Kier alpha value is -0.730. The minimum absolute atomic E-state index is 0.138. The highest BCUT2D eigenvalue weighted by Gasteiger charge is 2.19. The lowest BCUT2D eigenvalue weighted by atomic mass is 9.96. The number of nitrogens with zero attached hydrogens (tertiary/aromatic N) is 1. The molecular formula is C13H26N2O. The molecule has 1 saturated heterocycles. The van der Waals surface area contributed by atoms with Gasteiger partial charge in [0.1, 0.15) is 0 Å². The van der Waals surface area contributed by atoms with Crippen LogP contribution in [0.1, 0.15) is 52.4 Å². The highest BCUT2D eigenvalue weighted by atomic mass is 16.2. The van der Waals surface area contributed by atoms with Gasteiger partial charge in [-0.2, -0.15) is 0 Å². The van der Waals surface area contributed by atoms with Gasteiger partial charge in [0.15, 0.2) is 0 Å². The average Bonchev–Trinajstić information content (AvgIpc) is 2.52. The number of hydrogen-bond donors (Lipinski definition) is 1. The van der Waals surface area contributed by atoms with E-state index in [1.165, 1.54) is 32.1 Å². The number of nitrogens with one attached hydrogen (secondary N) is 1. The van der Waals surface area contributed by atoms with Crippen molar-refractivity contribution in [2.45, 2.75) is 52.4 Å². The zero-order valence-corrected chi connectivity index (χ0v) is 10.8. The minimum Gasteiger partial charge on any atom is -0.338 e. The number of hydrogen-bond acceptors (Lipinski definition) is 1. The van der Waals surface area contributed by atoms with Crippen LogP contribution in [0.2, 0.25) is 0 Å². The van der Waals surface area contributed by atoms with Crippen LogP contribution in [0.5, 0.6) is 0 Å². The van der Waals surface area contributed by atoms with Gasteiger partial charge >= 0.3 is 6.03 Å². The van der Waals surface area contributed by atoms with Crippen LogP contribution in [0.25, 0.3) is 0 Å². The van der Waals surface area contributed by atoms with Gasteiger partial charge in [-0.1, -0.05) is 26.7 Å². The molecule has 0 aromatic heterocycles. The first-order chi connectivity index (χ1) is 7.77. The monoisotopic (exact) mass is 226 g/mol. The second-order valence-corrected chi connectivity index (χ2v) is 4.80. The summed E-state index contributed by atoms with van der Waals surface area (Å²) in [4.78, 5) is 13.8. The van der Waals surface area contributed by atoms with Crippen molar-refractivity contribution in [3.8, 4) is 0 Å². The van der Waals surface area contributed by atoms with E-state index < -0.39 is 0 Å². The molecule has 0 radical (unpaired) electrons. The van der Waals surface area contributed by atoms with Crippen molar-refractivity contribution in [1.29, 1.82) is 0 Å². The second kappa shape index (κ2) is 7.53. The molecule has 1 heterocycles. The number of rotatable bonds is 4. The lowest BCUT2D eigenvalue weighted by Crippen LogP contribution is -2.40. The molecule has 0 bridgehead atoms. The topological polar surface area (TPSA) is 32.3 Å². The van der Waals surface area contributed by atoms with Crippen molar-refractivity contribution in [3.63, 3.8) is 0 Å². The summed E-state index contributed by atoms with van der Waals surface area (Å²) in [5, 5.41) is 2.96. The predicted molar refractivity (Wildman–Crippen MR) is 67.5 cm³/mol. The maximum atomic E-state index is 11.8. The van der Waals surface area contributed by atoms with Crippen LogP contribution in [-0.2, 0) is 0 Å². The molecule has 16 heavy (non-hydrogen) atoms. The molecule has 0 spiro atoms. The number of carbonyl (C=O) groups is 1. The van der Waals surface area contributed by atoms with E-state index in [2.05, 4.69) is 19.2 Å². The Balaban J connectivity index is 2.31.